The third-order valence-electron chi connectivity index (χ3n) is 10.0. The highest BCUT2D eigenvalue weighted by Crippen LogP contribution is 2.46. The Balaban J connectivity index is 1.25. The van der Waals surface area contributed by atoms with E-state index in [2.05, 4.69) is 19.9 Å². The smallest absolute Gasteiger partial charge is 0.345 e. The number of aromatic nitrogens is 5. The highest BCUT2D eigenvalue weighted by atomic mass is 35.5. The van der Waals surface area contributed by atoms with Crippen LogP contribution in [0.2, 0.25) is 10.0 Å². The van der Waals surface area contributed by atoms with E-state index in [0.29, 0.717) is 79.0 Å². The standard InChI is InChI=1S/C44H36Cl2FN5O8/c1-23-37(45)41-38(46)24(2)39(23)52-33(25-8-10-27(47)11-9-25)18-32-40(52)43(50-22-49-32)60-36(44(54)55)17-26-16-29(57-21-30(19-53)59-41)12-13-34(26)58-20-28-14-15-48-42(51-28)31-6-4-5-7-35(31)56-3/h4-16,18,22,30,36,53H,17,19-21H2,1-3H3,(H,54,55)/t30-,36-/m1/s1. The number of nitrogens with zero attached hydrogens (tertiary/aromatic N) is 5. The second-order valence-electron chi connectivity index (χ2n) is 13.9. The topological polar surface area (TPSA) is 160 Å². The molecular formula is C44H36Cl2FN5O8. The molecular weight excluding hydrogens is 816 g/mol. The van der Waals surface area contributed by atoms with Crippen LogP contribution >= 0.6 is 23.2 Å². The van der Waals surface area contributed by atoms with Crippen molar-refractivity contribution in [2.24, 2.45) is 0 Å². The maximum atomic E-state index is 14.2. The summed E-state index contributed by atoms with van der Waals surface area (Å²) in [5.74, 6) is 0.0571. The first kappa shape index (κ1) is 40.3. The van der Waals surface area contributed by atoms with Gasteiger partial charge >= 0.3 is 5.97 Å². The largest absolute Gasteiger partial charge is 0.496 e. The van der Waals surface area contributed by atoms with Gasteiger partial charge < -0.3 is 38.5 Å². The molecule has 0 radical (unpaired) electrons. The number of fused-ring (bicyclic) bond motifs is 7. The summed E-state index contributed by atoms with van der Waals surface area (Å²) in [5, 5.41) is 21.4. The Hall–Kier alpha value is -6.48. The predicted molar refractivity (Wildman–Crippen MR) is 221 cm³/mol. The van der Waals surface area contributed by atoms with Crippen LogP contribution in [0.25, 0.3) is 39.4 Å². The molecule has 0 aliphatic carbocycles. The Morgan fingerprint density at radius 3 is 2.45 bits per heavy atom. The molecule has 13 nitrogen and oxygen atoms in total. The molecule has 2 aliphatic heterocycles. The molecule has 4 bridgehead atoms. The van der Waals surface area contributed by atoms with Gasteiger partial charge in [-0.3, -0.25) is 0 Å². The lowest BCUT2D eigenvalue weighted by molar-refractivity contribution is -0.145. The zero-order chi connectivity index (χ0) is 42.1. The maximum Gasteiger partial charge on any atom is 0.345 e. The summed E-state index contributed by atoms with van der Waals surface area (Å²) in [4.78, 5) is 31.2. The predicted octanol–water partition coefficient (Wildman–Crippen LogP) is 8.40. The van der Waals surface area contributed by atoms with E-state index in [1.807, 2.05) is 24.3 Å². The normalized spacial score (nSPS) is 15.1. The van der Waals surface area contributed by atoms with Crippen molar-refractivity contribution in [1.82, 2.24) is 24.5 Å². The van der Waals surface area contributed by atoms with Crippen LogP contribution < -0.4 is 23.7 Å². The number of halogens is 3. The summed E-state index contributed by atoms with van der Waals surface area (Å²) in [6.07, 6.45) is 0.238. The van der Waals surface area contributed by atoms with Crippen LogP contribution in [0.1, 0.15) is 22.4 Å². The minimum absolute atomic E-state index is 0.000544. The van der Waals surface area contributed by atoms with Crippen molar-refractivity contribution in [2.75, 3.05) is 20.3 Å². The number of rotatable bonds is 8. The summed E-state index contributed by atoms with van der Waals surface area (Å²) >= 11 is 14.1. The SMILES string of the molecule is COc1ccccc1-c1nccc(COc2ccc3cc2C[C@H](C(=O)O)Oc2ncnc4cc(-c5ccc(F)cc5)n(c24)-c2c(C)c(Cl)c(c(Cl)c2C)O[C@H](CO)CO3)n1. The van der Waals surface area contributed by atoms with Gasteiger partial charge in [0.05, 0.1) is 51.9 Å². The number of aliphatic hydroxyl groups excluding tert-OH is 1. The summed E-state index contributed by atoms with van der Waals surface area (Å²) in [6.45, 7) is 2.95. The zero-order valence-electron chi connectivity index (χ0n) is 32.4. The summed E-state index contributed by atoms with van der Waals surface area (Å²) < 4.78 is 46.5. The van der Waals surface area contributed by atoms with Gasteiger partial charge in [-0.15, -0.1) is 0 Å². The van der Waals surface area contributed by atoms with Crippen molar-refractivity contribution in [3.05, 3.63) is 130 Å². The molecule has 4 aromatic carbocycles. The minimum atomic E-state index is -1.52. The molecule has 0 spiro atoms. The van der Waals surface area contributed by atoms with Crippen molar-refractivity contribution in [2.45, 2.75) is 39.1 Å². The molecule has 0 unspecified atom stereocenters. The summed E-state index contributed by atoms with van der Waals surface area (Å²) in [5.41, 5.74) is 5.04. The van der Waals surface area contributed by atoms with Crippen LogP contribution in [0.5, 0.6) is 28.9 Å². The molecule has 7 aromatic rings. The Morgan fingerprint density at radius 2 is 1.72 bits per heavy atom. The van der Waals surface area contributed by atoms with Gasteiger partial charge in [-0.1, -0.05) is 35.3 Å². The Bertz CT molecular complexity index is 2720. The second kappa shape index (κ2) is 17.0. The number of carboxylic acids is 1. The van der Waals surface area contributed by atoms with Crippen LogP contribution in [0.3, 0.4) is 0 Å². The van der Waals surface area contributed by atoms with Gasteiger partial charge in [0.1, 0.15) is 48.1 Å². The van der Waals surface area contributed by atoms with E-state index in [0.717, 1.165) is 0 Å². The van der Waals surface area contributed by atoms with E-state index in [-0.39, 0.29) is 41.3 Å². The van der Waals surface area contributed by atoms with E-state index in [1.54, 1.807) is 74.2 Å². The van der Waals surface area contributed by atoms with Crippen molar-refractivity contribution in [3.8, 4) is 57.2 Å². The molecule has 306 valence electrons. The summed E-state index contributed by atoms with van der Waals surface area (Å²) in [7, 11) is 1.57. The van der Waals surface area contributed by atoms with Crippen molar-refractivity contribution >= 4 is 40.2 Å². The summed E-state index contributed by atoms with van der Waals surface area (Å²) in [6, 6.07) is 21.7. The Kier molecular flexibility index (Phi) is 11.4. The van der Waals surface area contributed by atoms with Crippen LogP contribution in [0.4, 0.5) is 4.39 Å². The Morgan fingerprint density at radius 1 is 0.950 bits per heavy atom. The number of hydrogen-bond donors (Lipinski definition) is 2. The lowest BCUT2D eigenvalue weighted by atomic mass is 10.1. The van der Waals surface area contributed by atoms with Crippen molar-refractivity contribution in [1.29, 1.82) is 0 Å². The molecule has 5 heterocycles. The highest BCUT2D eigenvalue weighted by molar-refractivity contribution is 6.38. The van der Waals surface area contributed by atoms with Crippen LogP contribution in [-0.2, 0) is 17.8 Å². The lowest BCUT2D eigenvalue weighted by Gasteiger charge is -2.24. The third kappa shape index (κ3) is 7.84. The van der Waals surface area contributed by atoms with Crippen LogP contribution in [0, 0.1) is 19.7 Å². The number of ether oxygens (including phenoxy) is 5. The minimum Gasteiger partial charge on any atom is -0.496 e. The first-order chi connectivity index (χ1) is 29.0. The molecule has 3 aromatic heterocycles. The Labute approximate surface area is 352 Å². The number of benzene rings is 4. The number of aliphatic hydroxyl groups is 1. The first-order valence-electron chi connectivity index (χ1n) is 18.7. The number of methoxy groups -OCH3 is 1. The average molecular weight is 853 g/mol. The van der Waals surface area contributed by atoms with Gasteiger partial charge in [-0.25, -0.2) is 24.1 Å². The van der Waals surface area contributed by atoms with E-state index in [9.17, 15) is 19.4 Å². The fourth-order valence-electron chi connectivity index (χ4n) is 7.05. The molecule has 60 heavy (non-hydrogen) atoms. The molecule has 16 heteroatoms. The van der Waals surface area contributed by atoms with Crippen LogP contribution in [-0.4, -0.2) is 73.2 Å². The van der Waals surface area contributed by atoms with Gasteiger partial charge in [-0.2, -0.15) is 4.98 Å². The molecule has 2 N–H and O–H groups in total. The van der Waals surface area contributed by atoms with E-state index < -0.39 is 30.6 Å². The number of carboxylic acid groups (broad SMARTS) is 1. The second-order valence-corrected chi connectivity index (χ2v) is 14.6. The molecule has 0 amide bonds. The quantitative estimate of drug-likeness (QED) is 0.151. The molecule has 0 saturated heterocycles. The maximum absolute atomic E-state index is 14.2. The monoisotopic (exact) mass is 851 g/mol. The van der Waals surface area contributed by atoms with E-state index in [1.165, 1.54) is 18.5 Å². The van der Waals surface area contributed by atoms with Gasteiger partial charge in [0.25, 0.3) is 0 Å². The van der Waals surface area contributed by atoms with Gasteiger partial charge in [-0.05, 0) is 97.3 Å². The van der Waals surface area contributed by atoms with Gasteiger partial charge in [0, 0.05) is 18.2 Å². The fraction of sp³-hybridized carbons (Fsp3) is 0.205. The number of para-hydroxylation sites is 1. The molecule has 0 saturated carbocycles. The molecule has 9 rings (SSSR count). The third-order valence-corrected chi connectivity index (χ3v) is 10.9. The van der Waals surface area contributed by atoms with E-state index in [4.69, 9.17) is 46.9 Å². The van der Waals surface area contributed by atoms with Gasteiger partial charge in [0.2, 0.25) is 12.0 Å². The number of aliphatic carboxylic acids is 1. The highest BCUT2D eigenvalue weighted by Gasteiger charge is 2.30. The van der Waals surface area contributed by atoms with E-state index >= 15 is 0 Å². The number of hydrogen-bond acceptors (Lipinski definition) is 11. The fourth-order valence-corrected chi connectivity index (χ4v) is 7.55. The van der Waals surface area contributed by atoms with Crippen molar-refractivity contribution < 1.29 is 43.1 Å². The molecule has 0 fully saturated rings. The number of carbonyl (C=O) groups is 1. The van der Waals surface area contributed by atoms with Crippen LogP contribution in [0.15, 0.2) is 91.4 Å². The zero-order valence-corrected chi connectivity index (χ0v) is 33.9. The average Bonchev–Trinajstić information content (AvgIpc) is 3.65. The lowest BCUT2D eigenvalue weighted by Crippen LogP contribution is -2.30. The molecule has 2 aliphatic rings. The van der Waals surface area contributed by atoms with Gasteiger partial charge in [0.15, 0.2) is 17.7 Å². The van der Waals surface area contributed by atoms with Crippen molar-refractivity contribution in [3.63, 3.8) is 0 Å². The molecule has 2 atom stereocenters. The first-order valence-corrected chi connectivity index (χ1v) is 19.4.